The fourth-order valence-electron chi connectivity index (χ4n) is 2.12. The van der Waals surface area contributed by atoms with Crippen molar-refractivity contribution in [2.75, 3.05) is 13.6 Å². The Morgan fingerprint density at radius 2 is 1.89 bits per heavy atom. The third-order valence-electron chi connectivity index (χ3n) is 3.10. The molecule has 1 rings (SSSR count). The van der Waals surface area contributed by atoms with Gasteiger partial charge >= 0.3 is 6.18 Å². The van der Waals surface area contributed by atoms with Crippen LogP contribution >= 0.6 is 0 Å². The summed E-state index contributed by atoms with van der Waals surface area (Å²) in [5.74, 6) is 0.703. The van der Waals surface area contributed by atoms with E-state index in [0.29, 0.717) is 25.0 Å². The summed E-state index contributed by atoms with van der Waals surface area (Å²) in [6, 6.07) is 0.464. The maximum absolute atomic E-state index is 11.9. The van der Waals surface area contributed by atoms with E-state index in [1.807, 2.05) is 0 Å². The number of halogens is 3. The summed E-state index contributed by atoms with van der Waals surface area (Å²) in [5.41, 5.74) is 0. The lowest BCUT2D eigenvalue weighted by molar-refractivity contribution is -0.135. The molecule has 0 saturated heterocycles. The van der Waals surface area contributed by atoms with Gasteiger partial charge < -0.3 is 10.6 Å². The molecule has 1 aliphatic rings. The number of rotatable bonds is 5. The molecule has 106 valence electrons. The zero-order chi connectivity index (χ0) is 13.4. The molecule has 1 aliphatic carbocycles. The molecule has 0 atom stereocenters. The van der Waals surface area contributed by atoms with Crippen LogP contribution in [0.15, 0.2) is 4.99 Å². The second-order valence-electron chi connectivity index (χ2n) is 4.70. The molecule has 1 saturated carbocycles. The minimum absolute atomic E-state index is 0.164. The van der Waals surface area contributed by atoms with Gasteiger partial charge in [-0.3, -0.25) is 4.99 Å². The van der Waals surface area contributed by atoms with E-state index in [4.69, 9.17) is 0 Å². The van der Waals surface area contributed by atoms with Crippen molar-refractivity contribution < 1.29 is 13.2 Å². The molecule has 2 N–H and O–H groups in total. The molecule has 18 heavy (non-hydrogen) atoms. The lowest BCUT2D eigenvalue weighted by Gasteiger charge is -2.16. The van der Waals surface area contributed by atoms with E-state index in [2.05, 4.69) is 15.6 Å². The Bertz CT molecular complexity index is 258. The molecular weight excluding hydrogens is 243 g/mol. The summed E-state index contributed by atoms with van der Waals surface area (Å²) in [7, 11) is 1.68. The predicted molar refractivity (Wildman–Crippen MR) is 66.7 cm³/mol. The molecule has 1 fully saturated rings. The summed E-state index contributed by atoms with van der Waals surface area (Å²) in [6.07, 6.45) is 0.693. The summed E-state index contributed by atoms with van der Waals surface area (Å²) < 4.78 is 35.8. The Balaban J connectivity index is 2.08. The number of hydrogen-bond donors (Lipinski definition) is 2. The summed E-state index contributed by atoms with van der Waals surface area (Å²) >= 11 is 0. The molecule has 6 heteroatoms. The van der Waals surface area contributed by atoms with Crippen LogP contribution < -0.4 is 10.6 Å². The fourth-order valence-corrected chi connectivity index (χ4v) is 2.12. The number of alkyl halides is 3. The monoisotopic (exact) mass is 265 g/mol. The van der Waals surface area contributed by atoms with Crippen LogP contribution in [-0.4, -0.2) is 31.8 Å². The number of nitrogens with zero attached hydrogens (tertiary/aromatic N) is 1. The van der Waals surface area contributed by atoms with Gasteiger partial charge in [0.05, 0.1) is 0 Å². The highest BCUT2D eigenvalue weighted by molar-refractivity contribution is 5.79. The Labute approximate surface area is 106 Å². The van der Waals surface area contributed by atoms with Crippen molar-refractivity contribution in [2.45, 2.75) is 57.2 Å². The minimum atomic E-state index is -4.04. The van der Waals surface area contributed by atoms with Gasteiger partial charge in [-0.2, -0.15) is 13.2 Å². The third-order valence-corrected chi connectivity index (χ3v) is 3.10. The van der Waals surface area contributed by atoms with Gasteiger partial charge in [0.25, 0.3) is 0 Å². The van der Waals surface area contributed by atoms with Crippen molar-refractivity contribution in [3.63, 3.8) is 0 Å². The number of hydrogen-bond acceptors (Lipinski definition) is 1. The molecule has 0 bridgehead atoms. The highest BCUT2D eigenvalue weighted by Gasteiger charge is 2.25. The quantitative estimate of drug-likeness (QED) is 0.455. The Kier molecular flexibility index (Phi) is 6.29. The second kappa shape index (κ2) is 7.48. The summed E-state index contributed by atoms with van der Waals surface area (Å²) in [4.78, 5) is 4.07. The zero-order valence-electron chi connectivity index (χ0n) is 10.8. The molecule has 0 radical (unpaired) electrons. The smallest absolute Gasteiger partial charge is 0.356 e. The van der Waals surface area contributed by atoms with E-state index in [9.17, 15) is 13.2 Å². The molecule has 0 heterocycles. The van der Waals surface area contributed by atoms with E-state index < -0.39 is 12.6 Å². The molecule has 0 aromatic carbocycles. The number of guanidine groups is 1. The minimum Gasteiger partial charge on any atom is -0.356 e. The van der Waals surface area contributed by atoms with Crippen LogP contribution in [0.25, 0.3) is 0 Å². The first-order valence-electron chi connectivity index (χ1n) is 6.55. The first-order chi connectivity index (χ1) is 8.51. The molecule has 0 aromatic heterocycles. The van der Waals surface area contributed by atoms with Crippen molar-refractivity contribution in [3.8, 4) is 0 Å². The van der Waals surface area contributed by atoms with Crippen LogP contribution in [0.5, 0.6) is 0 Å². The highest BCUT2D eigenvalue weighted by Crippen LogP contribution is 2.21. The Morgan fingerprint density at radius 1 is 1.22 bits per heavy atom. The van der Waals surface area contributed by atoms with Crippen molar-refractivity contribution in [1.82, 2.24) is 10.6 Å². The van der Waals surface area contributed by atoms with Crippen LogP contribution in [0.3, 0.4) is 0 Å². The van der Waals surface area contributed by atoms with E-state index in [0.717, 1.165) is 12.8 Å². The Hall–Kier alpha value is -0.940. The second-order valence-corrected chi connectivity index (χ2v) is 4.70. The number of nitrogens with one attached hydrogen (secondary N) is 2. The molecule has 3 nitrogen and oxygen atoms in total. The number of unbranched alkanes of at least 4 members (excludes halogenated alkanes) is 1. The summed E-state index contributed by atoms with van der Waals surface area (Å²) in [5, 5.41) is 6.34. The Morgan fingerprint density at radius 3 is 2.44 bits per heavy atom. The lowest BCUT2D eigenvalue weighted by atomic mass is 10.2. The van der Waals surface area contributed by atoms with E-state index in [1.165, 1.54) is 12.8 Å². The SMILES string of the molecule is CN=C(NCCCCC(F)(F)F)NC1CCCC1. The first-order valence-corrected chi connectivity index (χ1v) is 6.55. The highest BCUT2D eigenvalue weighted by atomic mass is 19.4. The largest absolute Gasteiger partial charge is 0.389 e. The fraction of sp³-hybridized carbons (Fsp3) is 0.917. The molecule has 0 amide bonds. The normalized spacial score (nSPS) is 18.1. The van der Waals surface area contributed by atoms with Gasteiger partial charge in [-0.15, -0.1) is 0 Å². The van der Waals surface area contributed by atoms with Gasteiger partial charge in [0.2, 0.25) is 0 Å². The molecule has 0 spiro atoms. The molecule has 0 aliphatic heterocycles. The van der Waals surface area contributed by atoms with Crippen LogP contribution in [-0.2, 0) is 0 Å². The average molecular weight is 265 g/mol. The maximum Gasteiger partial charge on any atom is 0.389 e. The van der Waals surface area contributed by atoms with Gasteiger partial charge in [0.15, 0.2) is 5.96 Å². The van der Waals surface area contributed by atoms with Crippen LogP contribution in [0.4, 0.5) is 13.2 Å². The van der Waals surface area contributed by atoms with Crippen molar-refractivity contribution in [1.29, 1.82) is 0 Å². The number of aliphatic imine (C=N–C) groups is 1. The standard InChI is InChI=1S/C12H22F3N3/c1-16-11(18-10-6-2-3-7-10)17-9-5-4-8-12(13,14)15/h10H,2-9H2,1H3,(H2,16,17,18). The lowest BCUT2D eigenvalue weighted by Crippen LogP contribution is -2.42. The van der Waals surface area contributed by atoms with Crippen LogP contribution in [0.2, 0.25) is 0 Å². The molecular formula is C12H22F3N3. The summed E-state index contributed by atoms with van der Waals surface area (Å²) in [6.45, 7) is 0.530. The van der Waals surface area contributed by atoms with Crippen LogP contribution in [0, 0.1) is 0 Å². The molecule has 0 unspecified atom stereocenters. The first kappa shape index (κ1) is 15.1. The van der Waals surface area contributed by atoms with Crippen molar-refractivity contribution in [3.05, 3.63) is 0 Å². The third kappa shape index (κ3) is 6.71. The van der Waals surface area contributed by atoms with Gasteiger partial charge in [0, 0.05) is 26.1 Å². The van der Waals surface area contributed by atoms with Crippen molar-refractivity contribution in [2.24, 2.45) is 4.99 Å². The van der Waals surface area contributed by atoms with Gasteiger partial charge in [-0.25, -0.2) is 0 Å². The van der Waals surface area contributed by atoms with Crippen molar-refractivity contribution >= 4 is 5.96 Å². The predicted octanol–water partition coefficient (Wildman–Crippen LogP) is 2.83. The van der Waals surface area contributed by atoms with Gasteiger partial charge in [-0.05, 0) is 25.7 Å². The zero-order valence-corrected chi connectivity index (χ0v) is 10.8. The van der Waals surface area contributed by atoms with Crippen LogP contribution in [0.1, 0.15) is 44.9 Å². The topological polar surface area (TPSA) is 36.4 Å². The van der Waals surface area contributed by atoms with Gasteiger partial charge in [-0.1, -0.05) is 12.8 Å². The van der Waals surface area contributed by atoms with E-state index in [-0.39, 0.29) is 6.42 Å². The van der Waals surface area contributed by atoms with Gasteiger partial charge in [0.1, 0.15) is 0 Å². The maximum atomic E-state index is 11.9. The average Bonchev–Trinajstić information content (AvgIpc) is 2.78. The van der Waals surface area contributed by atoms with E-state index in [1.54, 1.807) is 7.05 Å². The molecule has 0 aromatic rings. The van der Waals surface area contributed by atoms with E-state index >= 15 is 0 Å².